The Hall–Kier alpha value is -1.53. The molecule has 0 spiro atoms. The molecule has 0 aromatic heterocycles. The van der Waals surface area contributed by atoms with Gasteiger partial charge in [0.1, 0.15) is 5.75 Å². The molecule has 1 unspecified atom stereocenters. The summed E-state index contributed by atoms with van der Waals surface area (Å²) in [7, 11) is 1.98. The van der Waals surface area contributed by atoms with Crippen molar-refractivity contribution in [3.8, 4) is 11.8 Å². The first-order chi connectivity index (χ1) is 8.20. The molecule has 2 rings (SSSR count). The Morgan fingerprint density at radius 2 is 2.35 bits per heavy atom. The summed E-state index contributed by atoms with van der Waals surface area (Å²) in [5.41, 5.74) is 2.55. The minimum Gasteiger partial charge on any atom is -0.493 e. The van der Waals surface area contributed by atoms with E-state index in [9.17, 15) is 0 Å². The van der Waals surface area contributed by atoms with E-state index in [2.05, 4.69) is 24.3 Å². The largest absolute Gasteiger partial charge is 0.493 e. The molecule has 3 heteroatoms. The number of hydrogen-bond donors (Lipinski definition) is 0. The fourth-order valence-corrected chi connectivity index (χ4v) is 2.04. The molecule has 17 heavy (non-hydrogen) atoms. The van der Waals surface area contributed by atoms with E-state index in [1.807, 2.05) is 18.9 Å². The van der Waals surface area contributed by atoms with Crippen molar-refractivity contribution >= 4 is 0 Å². The van der Waals surface area contributed by atoms with Gasteiger partial charge in [0.25, 0.3) is 0 Å². The maximum Gasteiger partial charge on any atom is 0.122 e. The van der Waals surface area contributed by atoms with Crippen LogP contribution in [0.15, 0.2) is 18.2 Å². The molecule has 0 amide bonds. The molecule has 0 bridgehead atoms. The highest BCUT2D eigenvalue weighted by atomic mass is 16.5. The van der Waals surface area contributed by atoms with Gasteiger partial charge in [-0.25, -0.2) is 0 Å². The lowest BCUT2D eigenvalue weighted by Crippen LogP contribution is -2.27. The van der Waals surface area contributed by atoms with E-state index >= 15 is 0 Å². The van der Waals surface area contributed by atoms with Gasteiger partial charge >= 0.3 is 0 Å². The molecule has 90 valence electrons. The molecule has 1 heterocycles. The third-order valence-electron chi connectivity index (χ3n) is 3.25. The second kappa shape index (κ2) is 5.20. The molecule has 0 N–H and O–H groups in total. The molecule has 0 saturated carbocycles. The van der Waals surface area contributed by atoms with Gasteiger partial charge in [0.15, 0.2) is 0 Å². The Labute approximate surface area is 103 Å². The summed E-state index contributed by atoms with van der Waals surface area (Å²) in [4.78, 5) is 2.05. The molecule has 1 aromatic rings. The highest BCUT2D eigenvalue weighted by Gasteiger charge is 2.12. The molecule has 0 fully saturated rings. The van der Waals surface area contributed by atoms with Crippen molar-refractivity contribution in [3.63, 3.8) is 0 Å². The highest BCUT2D eigenvalue weighted by Crippen LogP contribution is 2.26. The van der Waals surface area contributed by atoms with Crippen LogP contribution in [-0.2, 0) is 13.0 Å². The number of ether oxygens (including phenoxy) is 1. The Morgan fingerprint density at radius 1 is 1.53 bits per heavy atom. The number of nitrogens with zero attached hydrogens (tertiary/aromatic N) is 2. The van der Waals surface area contributed by atoms with Gasteiger partial charge in [-0.1, -0.05) is 12.1 Å². The summed E-state index contributed by atoms with van der Waals surface area (Å²) < 4.78 is 5.59. The fraction of sp³-hybridized carbons (Fsp3) is 0.500. The molecule has 3 nitrogen and oxygen atoms in total. The van der Waals surface area contributed by atoms with Crippen molar-refractivity contribution in [1.82, 2.24) is 4.90 Å². The summed E-state index contributed by atoms with van der Waals surface area (Å²) in [6.07, 6.45) is 2.20. The van der Waals surface area contributed by atoms with Crippen LogP contribution in [-0.4, -0.2) is 24.6 Å². The molecule has 1 atom stereocenters. The first-order valence-electron chi connectivity index (χ1n) is 6.05. The van der Waals surface area contributed by atoms with Crippen LogP contribution in [0.5, 0.6) is 5.75 Å². The zero-order valence-electron chi connectivity index (χ0n) is 10.4. The third kappa shape index (κ3) is 2.78. The van der Waals surface area contributed by atoms with E-state index < -0.39 is 0 Å². The van der Waals surface area contributed by atoms with E-state index in [-0.39, 0.29) is 6.04 Å². The topological polar surface area (TPSA) is 36.3 Å². The van der Waals surface area contributed by atoms with Crippen LogP contribution >= 0.6 is 0 Å². The summed E-state index contributed by atoms with van der Waals surface area (Å²) >= 11 is 0. The lowest BCUT2D eigenvalue weighted by Gasteiger charge is -2.21. The van der Waals surface area contributed by atoms with Gasteiger partial charge in [-0.3, -0.25) is 4.90 Å². The first kappa shape index (κ1) is 11.9. The number of nitriles is 1. The van der Waals surface area contributed by atoms with Gasteiger partial charge in [0.2, 0.25) is 0 Å². The summed E-state index contributed by atoms with van der Waals surface area (Å²) in [6, 6.07) is 8.54. The fourth-order valence-electron chi connectivity index (χ4n) is 2.04. The van der Waals surface area contributed by atoms with Crippen LogP contribution in [0.25, 0.3) is 0 Å². The third-order valence-corrected chi connectivity index (χ3v) is 3.25. The molecule has 1 aliphatic heterocycles. The van der Waals surface area contributed by atoms with Gasteiger partial charge < -0.3 is 4.74 Å². The van der Waals surface area contributed by atoms with Crippen molar-refractivity contribution in [3.05, 3.63) is 29.3 Å². The zero-order chi connectivity index (χ0) is 12.3. The van der Waals surface area contributed by atoms with Gasteiger partial charge in [-0.15, -0.1) is 0 Å². The summed E-state index contributed by atoms with van der Waals surface area (Å²) in [5, 5.41) is 8.86. The van der Waals surface area contributed by atoms with E-state index in [0.29, 0.717) is 0 Å². The molecule has 0 saturated heterocycles. The average molecular weight is 230 g/mol. The molecular formula is C14H18N2O. The van der Waals surface area contributed by atoms with Gasteiger partial charge in [0, 0.05) is 6.54 Å². The molecule has 1 aromatic carbocycles. The second-order valence-electron chi connectivity index (χ2n) is 4.61. The van der Waals surface area contributed by atoms with Crippen LogP contribution in [0, 0.1) is 11.3 Å². The first-order valence-corrected chi connectivity index (χ1v) is 6.05. The van der Waals surface area contributed by atoms with Crippen molar-refractivity contribution in [2.45, 2.75) is 32.4 Å². The minimum absolute atomic E-state index is 0.0534. The van der Waals surface area contributed by atoms with Crippen molar-refractivity contribution in [2.75, 3.05) is 13.7 Å². The quantitative estimate of drug-likeness (QED) is 0.799. The van der Waals surface area contributed by atoms with Gasteiger partial charge in [-0.2, -0.15) is 5.26 Å². The zero-order valence-corrected chi connectivity index (χ0v) is 10.4. The number of fused-ring (bicyclic) bond motifs is 1. The van der Waals surface area contributed by atoms with E-state index in [4.69, 9.17) is 10.00 Å². The van der Waals surface area contributed by atoms with Crippen LogP contribution in [0.4, 0.5) is 0 Å². The number of benzene rings is 1. The normalized spacial score (nSPS) is 15.9. The Kier molecular flexibility index (Phi) is 3.65. The highest BCUT2D eigenvalue weighted by molar-refractivity contribution is 5.38. The molecule has 1 aliphatic rings. The van der Waals surface area contributed by atoms with Crippen LogP contribution in [0.1, 0.15) is 24.5 Å². The van der Waals surface area contributed by atoms with Gasteiger partial charge in [-0.05, 0) is 44.0 Å². The summed E-state index contributed by atoms with van der Waals surface area (Å²) in [6.45, 7) is 3.56. The van der Waals surface area contributed by atoms with Crippen molar-refractivity contribution < 1.29 is 4.74 Å². The number of aryl methyl sites for hydroxylation is 1. The smallest absolute Gasteiger partial charge is 0.122 e. The van der Waals surface area contributed by atoms with Gasteiger partial charge in [0.05, 0.1) is 18.7 Å². The number of hydrogen-bond acceptors (Lipinski definition) is 3. The van der Waals surface area contributed by atoms with Crippen LogP contribution < -0.4 is 4.74 Å². The maximum absolute atomic E-state index is 8.86. The van der Waals surface area contributed by atoms with E-state index in [0.717, 1.165) is 31.7 Å². The monoisotopic (exact) mass is 230 g/mol. The van der Waals surface area contributed by atoms with E-state index in [1.54, 1.807) is 0 Å². The van der Waals surface area contributed by atoms with Crippen molar-refractivity contribution in [1.29, 1.82) is 5.26 Å². The van der Waals surface area contributed by atoms with Crippen LogP contribution in [0.2, 0.25) is 0 Å². The maximum atomic E-state index is 8.86. The predicted molar refractivity (Wildman–Crippen MR) is 66.8 cm³/mol. The van der Waals surface area contributed by atoms with E-state index in [1.165, 1.54) is 11.1 Å². The molecule has 0 aliphatic carbocycles. The lowest BCUT2D eigenvalue weighted by atomic mass is 10.0. The summed E-state index contributed by atoms with van der Waals surface area (Å²) in [5.74, 6) is 1.02. The molecule has 0 radical (unpaired) electrons. The Bertz CT molecular complexity index is 436. The lowest BCUT2D eigenvalue weighted by molar-refractivity contribution is 0.284. The SMILES string of the molecule is CC(C#N)N(C)Cc1ccc2c(c1)CCCO2. The second-order valence-corrected chi connectivity index (χ2v) is 4.61. The van der Waals surface area contributed by atoms with Crippen molar-refractivity contribution in [2.24, 2.45) is 0 Å². The average Bonchev–Trinajstić information content (AvgIpc) is 2.37. The Morgan fingerprint density at radius 3 is 3.12 bits per heavy atom. The van der Waals surface area contributed by atoms with Crippen LogP contribution in [0.3, 0.4) is 0 Å². The standard InChI is InChI=1S/C14H18N2O/c1-11(9-15)16(2)10-12-5-6-14-13(8-12)4-3-7-17-14/h5-6,8,11H,3-4,7,10H2,1-2H3. The Balaban J connectivity index is 2.10. The predicted octanol–water partition coefficient (Wildman–Crippen LogP) is 2.36. The minimum atomic E-state index is -0.0534. The molecular weight excluding hydrogens is 212 g/mol. The number of rotatable bonds is 3.